The standard InChI is InChI=1S/C16H34N2/c1-7-10-18(12-14-8-9-14)15(13(2)3)11-17-16(4,5)6/h13-15,17H,7-12H2,1-6H3. The smallest absolute Gasteiger partial charge is 0.0243 e. The molecule has 1 rings (SSSR count). The third-order valence-electron chi connectivity index (χ3n) is 3.78. The van der Waals surface area contributed by atoms with E-state index in [1.807, 2.05) is 0 Å². The second kappa shape index (κ2) is 6.91. The molecule has 0 heterocycles. The number of rotatable bonds is 8. The molecule has 0 amide bonds. The highest BCUT2D eigenvalue weighted by molar-refractivity contribution is 4.85. The van der Waals surface area contributed by atoms with Crippen LogP contribution in [0, 0.1) is 11.8 Å². The van der Waals surface area contributed by atoms with E-state index in [4.69, 9.17) is 0 Å². The third-order valence-corrected chi connectivity index (χ3v) is 3.78. The molecule has 2 nitrogen and oxygen atoms in total. The van der Waals surface area contributed by atoms with Gasteiger partial charge in [-0.3, -0.25) is 4.90 Å². The summed E-state index contributed by atoms with van der Waals surface area (Å²) in [6.45, 7) is 17.5. The molecular formula is C16H34N2. The number of nitrogens with zero attached hydrogens (tertiary/aromatic N) is 1. The van der Waals surface area contributed by atoms with Gasteiger partial charge in [0.15, 0.2) is 0 Å². The predicted molar refractivity (Wildman–Crippen MR) is 81.0 cm³/mol. The molecule has 0 radical (unpaired) electrons. The quantitative estimate of drug-likeness (QED) is 0.713. The van der Waals surface area contributed by atoms with E-state index in [2.05, 4.69) is 51.8 Å². The van der Waals surface area contributed by atoms with Crippen molar-refractivity contribution in [2.75, 3.05) is 19.6 Å². The summed E-state index contributed by atoms with van der Waals surface area (Å²) in [6, 6.07) is 0.685. The van der Waals surface area contributed by atoms with E-state index in [-0.39, 0.29) is 5.54 Å². The summed E-state index contributed by atoms with van der Waals surface area (Å²) in [4.78, 5) is 2.74. The second-order valence-corrected chi connectivity index (χ2v) is 7.38. The summed E-state index contributed by atoms with van der Waals surface area (Å²) in [6.07, 6.45) is 4.18. The van der Waals surface area contributed by atoms with Crippen LogP contribution in [0.15, 0.2) is 0 Å². The van der Waals surface area contributed by atoms with Gasteiger partial charge in [-0.25, -0.2) is 0 Å². The summed E-state index contributed by atoms with van der Waals surface area (Å²) < 4.78 is 0. The SMILES string of the molecule is CCCN(CC1CC1)C(CNC(C)(C)C)C(C)C. The van der Waals surface area contributed by atoms with Crippen LogP contribution in [0.3, 0.4) is 0 Å². The van der Waals surface area contributed by atoms with Crippen LogP contribution in [0.2, 0.25) is 0 Å². The summed E-state index contributed by atoms with van der Waals surface area (Å²) in [5.41, 5.74) is 0.227. The number of hydrogen-bond donors (Lipinski definition) is 1. The Hall–Kier alpha value is -0.0800. The topological polar surface area (TPSA) is 15.3 Å². The molecule has 1 aliphatic rings. The Bertz CT molecular complexity index is 226. The molecule has 1 atom stereocenters. The number of hydrogen-bond acceptors (Lipinski definition) is 2. The molecule has 1 aliphatic carbocycles. The molecule has 1 N–H and O–H groups in total. The molecule has 0 spiro atoms. The van der Waals surface area contributed by atoms with Crippen molar-refractivity contribution >= 4 is 0 Å². The molecule has 0 bridgehead atoms. The van der Waals surface area contributed by atoms with Gasteiger partial charge in [0, 0.05) is 24.7 Å². The average molecular weight is 254 g/mol. The van der Waals surface area contributed by atoms with Crippen LogP contribution in [0.4, 0.5) is 0 Å². The van der Waals surface area contributed by atoms with Crippen molar-refractivity contribution in [1.29, 1.82) is 0 Å². The molecule has 2 heteroatoms. The van der Waals surface area contributed by atoms with Crippen LogP contribution < -0.4 is 5.32 Å². The first kappa shape index (κ1) is 16.0. The van der Waals surface area contributed by atoms with Gasteiger partial charge in [-0.2, -0.15) is 0 Å². The van der Waals surface area contributed by atoms with Gasteiger partial charge in [0.25, 0.3) is 0 Å². The van der Waals surface area contributed by atoms with Gasteiger partial charge in [0.05, 0.1) is 0 Å². The molecule has 108 valence electrons. The van der Waals surface area contributed by atoms with Crippen LogP contribution in [-0.2, 0) is 0 Å². The fourth-order valence-electron chi connectivity index (χ4n) is 2.51. The van der Waals surface area contributed by atoms with Crippen molar-refractivity contribution in [3.05, 3.63) is 0 Å². The second-order valence-electron chi connectivity index (χ2n) is 7.38. The zero-order valence-corrected chi connectivity index (χ0v) is 13.4. The van der Waals surface area contributed by atoms with Crippen molar-refractivity contribution in [3.63, 3.8) is 0 Å². The fourth-order valence-corrected chi connectivity index (χ4v) is 2.51. The van der Waals surface area contributed by atoms with Crippen molar-refractivity contribution in [1.82, 2.24) is 10.2 Å². The zero-order chi connectivity index (χ0) is 13.8. The van der Waals surface area contributed by atoms with Crippen LogP contribution in [0.25, 0.3) is 0 Å². The van der Waals surface area contributed by atoms with E-state index in [0.717, 1.165) is 18.4 Å². The Kier molecular flexibility index (Phi) is 6.13. The highest BCUT2D eigenvalue weighted by Crippen LogP contribution is 2.31. The first-order valence-electron chi connectivity index (χ1n) is 7.82. The van der Waals surface area contributed by atoms with Gasteiger partial charge in [-0.1, -0.05) is 20.8 Å². The maximum absolute atomic E-state index is 3.69. The Morgan fingerprint density at radius 2 is 1.83 bits per heavy atom. The monoisotopic (exact) mass is 254 g/mol. The Labute approximate surface area is 115 Å². The molecule has 0 aromatic rings. The van der Waals surface area contributed by atoms with Crippen molar-refractivity contribution in [3.8, 4) is 0 Å². The maximum atomic E-state index is 3.69. The molecule has 1 unspecified atom stereocenters. The normalized spacial score (nSPS) is 18.7. The average Bonchev–Trinajstić information content (AvgIpc) is 2.99. The fraction of sp³-hybridized carbons (Fsp3) is 1.00. The molecule has 1 saturated carbocycles. The summed E-state index contributed by atoms with van der Waals surface area (Å²) in [5, 5.41) is 3.69. The van der Waals surface area contributed by atoms with Crippen LogP contribution >= 0.6 is 0 Å². The lowest BCUT2D eigenvalue weighted by atomic mass is 9.99. The molecule has 0 saturated heterocycles. The zero-order valence-electron chi connectivity index (χ0n) is 13.4. The van der Waals surface area contributed by atoms with E-state index >= 15 is 0 Å². The first-order valence-corrected chi connectivity index (χ1v) is 7.82. The summed E-state index contributed by atoms with van der Waals surface area (Å²) in [5.74, 6) is 1.72. The number of nitrogens with one attached hydrogen (secondary N) is 1. The predicted octanol–water partition coefficient (Wildman–Crippen LogP) is 3.52. The van der Waals surface area contributed by atoms with Gasteiger partial charge >= 0.3 is 0 Å². The minimum Gasteiger partial charge on any atom is -0.311 e. The molecule has 0 aromatic carbocycles. The van der Waals surface area contributed by atoms with E-state index in [1.165, 1.54) is 32.4 Å². The molecular weight excluding hydrogens is 220 g/mol. The van der Waals surface area contributed by atoms with Gasteiger partial charge in [0.2, 0.25) is 0 Å². The lowest BCUT2D eigenvalue weighted by Gasteiger charge is -2.36. The van der Waals surface area contributed by atoms with Crippen LogP contribution in [-0.4, -0.2) is 36.1 Å². The van der Waals surface area contributed by atoms with E-state index in [1.54, 1.807) is 0 Å². The minimum absolute atomic E-state index is 0.227. The Morgan fingerprint density at radius 3 is 2.22 bits per heavy atom. The minimum atomic E-state index is 0.227. The van der Waals surface area contributed by atoms with E-state index < -0.39 is 0 Å². The molecule has 18 heavy (non-hydrogen) atoms. The summed E-state index contributed by atoms with van der Waals surface area (Å²) in [7, 11) is 0. The lowest BCUT2D eigenvalue weighted by molar-refractivity contribution is 0.137. The molecule has 0 aliphatic heterocycles. The van der Waals surface area contributed by atoms with Crippen molar-refractivity contribution in [2.45, 2.75) is 72.4 Å². The highest BCUT2D eigenvalue weighted by atomic mass is 15.2. The van der Waals surface area contributed by atoms with Gasteiger partial charge in [-0.05, 0) is 58.4 Å². The van der Waals surface area contributed by atoms with E-state index in [0.29, 0.717) is 6.04 Å². The first-order chi connectivity index (χ1) is 8.33. The third kappa shape index (κ3) is 6.19. The molecule has 1 fully saturated rings. The van der Waals surface area contributed by atoms with Crippen LogP contribution in [0.1, 0.15) is 60.8 Å². The highest BCUT2D eigenvalue weighted by Gasteiger charge is 2.29. The maximum Gasteiger partial charge on any atom is 0.0243 e. The van der Waals surface area contributed by atoms with Crippen LogP contribution in [0.5, 0.6) is 0 Å². The van der Waals surface area contributed by atoms with Crippen molar-refractivity contribution in [2.24, 2.45) is 11.8 Å². The largest absolute Gasteiger partial charge is 0.311 e. The van der Waals surface area contributed by atoms with Gasteiger partial charge in [-0.15, -0.1) is 0 Å². The van der Waals surface area contributed by atoms with Gasteiger partial charge in [0.1, 0.15) is 0 Å². The Morgan fingerprint density at radius 1 is 1.22 bits per heavy atom. The van der Waals surface area contributed by atoms with Gasteiger partial charge < -0.3 is 5.32 Å². The van der Waals surface area contributed by atoms with E-state index in [9.17, 15) is 0 Å². The molecule has 0 aromatic heterocycles. The lowest BCUT2D eigenvalue weighted by Crippen LogP contribution is -2.50. The Balaban J connectivity index is 2.54. The summed E-state index contributed by atoms with van der Waals surface area (Å²) >= 11 is 0. The van der Waals surface area contributed by atoms with Crippen molar-refractivity contribution < 1.29 is 0 Å².